The van der Waals surface area contributed by atoms with Gasteiger partial charge in [-0.25, -0.2) is 8.96 Å². The van der Waals surface area contributed by atoms with Crippen LogP contribution < -0.4 is 9.84 Å². The highest BCUT2D eigenvalue weighted by atomic mass is 31.2. The number of aromatic nitrogens is 2. The number of amides is 1. The van der Waals surface area contributed by atoms with Crippen molar-refractivity contribution < 1.29 is 28.1 Å². The molecule has 0 radical (unpaired) electrons. The van der Waals surface area contributed by atoms with E-state index in [4.69, 9.17) is 9.79 Å². The molecule has 8 nitrogen and oxygen atoms in total. The third-order valence-corrected chi connectivity index (χ3v) is 2.70. The van der Waals surface area contributed by atoms with Gasteiger partial charge in [-0.2, -0.15) is 0 Å². The normalized spacial score (nSPS) is 11.2. The molecule has 0 saturated carbocycles. The number of hydrogen-bond donors (Lipinski definition) is 4. The van der Waals surface area contributed by atoms with Crippen molar-refractivity contribution in [1.82, 2.24) is 10.2 Å². The first-order chi connectivity index (χ1) is 9.82. The lowest BCUT2D eigenvalue weighted by Crippen LogP contribution is -2.14. The van der Waals surface area contributed by atoms with Gasteiger partial charge in [-0.1, -0.05) is 6.07 Å². The van der Waals surface area contributed by atoms with E-state index in [-0.39, 0.29) is 18.0 Å². The Morgan fingerprint density at radius 1 is 1.43 bits per heavy atom. The molecule has 0 atom stereocenters. The molecule has 2 aromatic rings. The lowest BCUT2D eigenvalue weighted by molar-refractivity contribution is -0.115. The van der Waals surface area contributed by atoms with Gasteiger partial charge in [-0.05, 0) is 18.2 Å². The van der Waals surface area contributed by atoms with Gasteiger partial charge in [0.15, 0.2) is 0 Å². The zero-order valence-corrected chi connectivity index (χ0v) is 11.4. The molecule has 1 aromatic carbocycles. The van der Waals surface area contributed by atoms with Crippen LogP contribution in [0.15, 0.2) is 30.3 Å². The molecule has 21 heavy (non-hydrogen) atoms. The van der Waals surface area contributed by atoms with Crippen LogP contribution in [0.3, 0.4) is 0 Å². The van der Waals surface area contributed by atoms with Crippen molar-refractivity contribution in [3.8, 4) is 5.88 Å². The topological polar surface area (TPSA) is 125 Å². The number of hydrogen-bond acceptors (Lipinski definition) is 4. The number of carbonyl (C=O) groups is 1. The number of H-pyrrole nitrogens is 1. The summed E-state index contributed by atoms with van der Waals surface area (Å²) in [4.78, 5) is 28.9. The van der Waals surface area contributed by atoms with E-state index in [0.29, 0.717) is 5.69 Å². The quantitative estimate of drug-likeness (QED) is 0.615. The van der Waals surface area contributed by atoms with E-state index in [9.17, 15) is 13.8 Å². The van der Waals surface area contributed by atoms with Crippen molar-refractivity contribution in [2.45, 2.75) is 6.42 Å². The average Bonchev–Trinajstić information content (AvgIpc) is 2.73. The highest BCUT2D eigenvalue weighted by Crippen LogP contribution is 2.36. The largest absolute Gasteiger partial charge is 0.526 e. The molecular formula is C11H11FN3O5P. The molecule has 112 valence electrons. The molecule has 0 spiro atoms. The smallest absolute Gasteiger partial charge is 0.384 e. The number of aromatic amines is 1. The predicted molar refractivity (Wildman–Crippen MR) is 70.0 cm³/mol. The molecule has 0 saturated heterocycles. The van der Waals surface area contributed by atoms with Crippen molar-refractivity contribution in [1.29, 1.82) is 0 Å². The summed E-state index contributed by atoms with van der Waals surface area (Å²) in [5.41, 5.74) is 0.582. The third-order valence-electron chi connectivity index (χ3n) is 2.28. The number of carbonyl (C=O) groups excluding carboxylic acids is 1. The highest BCUT2D eigenvalue weighted by molar-refractivity contribution is 7.46. The van der Waals surface area contributed by atoms with Crippen molar-refractivity contribution >= 4 is 19.4 Å². The van der Waals surface area contributed by atoms with Crippen molar-refractivity contribution in [3.05, 3.63) is 41.8 Å². The second kappa shape index (κ2) is 6.04. The summed E-state index contributed by atoms with van der Waals surface area (Å²) in [6.45, 7) is 0. The second-order valence-corrected chi connectivity index (χ2v) is 5.21. The molecule has 10 heteroatoms. The minimum absolute atomic E-state index is 0.145. The minimum atomic E-state index is -4.69. The van der Waals surface area contributed by atoms with Crippen LogP contribution >= 0.6 is 7.82 Å². The third kappa shape index (κ3) is 4.99. The van der Waals surface area contributed by atoms with E-state index < -0.39 is 19.5 Å². The number of anilines is 1. The fourth-order valence-electron chi connectivity index (χ4n) is 1.54. The fraction of sp³-hybridized carbons (Fsp3) is 0.0909. The molecule has 0 bridgehead atoms. The first kappa shape index (κ1) is 15.2. The Morgan fingerprint density at radius 3 is 2.86 bits per heavy atom. The van der Waals surface area contributed by atoms with Crippen LogP contribution in [0.1, 0.15) is 5.69 Å². The molecule has 0 aliphatic rings. The Morgan fingerprint density at radius 2 is 2.19 bits per heavy atom. The Bertz CT molecular complexity index is 699. The van der Waals surface area contributed by atoms with E-state index in [1.807, 2.05) is 0 Å². The van der Waals surface area contributed by atoms with E-state index in [0.717, 1.165) is 6.07 Å². The summed E-state index contributed by atoms with van der Waals surface area (Å²) in [5.74, 6) is -1.25. The van der Waals surface area contributed by atoms with Crippen LogP contribution in [-0.2, 0) is 15.8 Å². The molecule has 0 aliphatic heterocycles. The van der Waals surface area contributed by atoms with Gasteiger partial charge in [-0.3, -0.25) is 19.7 Å². The molecule has 2 rings (SSSR count). The van der Waals surface area contributed by atoms with Gasteiger partial charge in [0, 0.05) is 17.4 Å². The average molecular weight is 315 g/mol. The summed E-state index contributed by atoms with van der Waals surface area (Å²) in [5, 5.41) is 8.37. The second-order valence-electron chi connectivity index (χ2n) is 4.05. The summed E-state index contributed by atoms with van der Waals surface area (Å²) in [7, 11) is -4.69. The molecule has 1 amide bonds. The van der Waals surface area contributed by atoms with Crippen LogP contribution in [-0.4, -0.2) is 25.9 Å². The van der Waals surface area contributed by atoms with Gasteiger partial charge < -0.3 is 9.84 Å². The fourth-order valence-corrected chi connectivity index (χ4v) is 1.88. The number of nitrogens with zero attached hydrogens (tertiary/aromatic N) is 1. The maximum atomic E-state index is 12.9. The molecule has 0 aliphatic carbocycles. The predicted octanol–water partition coefficient (Wildman–Crippen LogP) is 1.20. The van der Waals surface area contributed by atoms with E-state index >= 15 is 0 Å². The summed E-state index contributed by atoms with van der Waals surface area (Å²) in [6, 6.07) is 6.57. The van der Waals surface area contributed by atoms with E-state index in [1.54, 1.807) is 0 Å². The van der Waals surface area contributed by atoms with Crippen molar-refractivity contribution in [3.63, 3.8) is 0 Å². The van der Waals surface area contributed by atoms with Crippen LogP contribution in [0.25, 0.3) is 0 Å². The van der Waals surface area contributed by atoms with Crippen molar-refractivity contribution in [2.24, 2.45) is 0 Å². The first-order valence-electron chi connectivity index (χ1n) is 5.67. The SMILES string of the molecule is O=C(Cc1cc(OP(=O)(O)O)n[nH]1)Nc1cccc(F)c1. The lowest BCUT2D eigenvalue weighted by atomic mass is 10.2. The summed E-state index contributed by atoms with van der Waals surface area (Å²) >= 11 is 0. The Kier molecular flexibility index (Phi) is 4.37. The molecule has 4 N–H and O–H groups in total. The van der Waals surface area contributed by atoms with Gasteiger partial charge in [-0.15, -0.1) is 5.10 Å². The number of phosphoric acid groups is 1. The van der Waals surface area contributed by atoms with Crippen LogP contribution in [0.2, 0.25) is 0 Å². The zero-order valence-electron chi connectivity index (χ0n) is 10.5. The number of phosphoric ester groups is 1. The number of halogens is 1. The molecule has 1 heterocycles. The number of nitrogens with one attached hydrogen (secondary N) is 2. The molecule has 0 unspecified atom stereocenters. The summed E-state index contributed by atoms with van der Waals surface area (Å²) < 4.78 is 27.8. The van der Waals surface area contributed by atoms with Crippen LogP contribution in [0.5, 0.6) is 5.88 Å². The summed E-state index contributed by atoms with van der Waals surface area (Å²) in [6.07, 6.45) is -0.145. The van der Waals surface area contributed by atoms with Crippen LogP contribution in [0, 0.1) is 5.82 Å². The lowest BCUT2D eigenvalue weighted by Gasteiger charge is -2.03. The Hall–Kier alpha value is -2.22. The van der Waals surface area contributed by atoms with Gasteiger partial charge in [0.1, 0.15) is 5.82 Å². The van der Waals surface area contributed by atoms with Gasteiger partial charge in [0.05, 0.1) is 6.42 Å². The van der Waals surface area contributed by atoms with Crippen molar-refractivity contribution in [2.75, 3.05) is 5.32 Å². The zero-order chi connectivity index (χ0) is 15.5. The number of benzene rings is 1. The maximum absolute atomic E-state index is 12.9. The molecule has 1 aromatic heterocycles. The Labute approximate surface area is 118 Å². The van der Waals surface area contributed by atoms with Gasteiger partial charge in [0.2, 0.25) is 11.8 Å². The number of rotatable bonds is 5. The molecular weight excluding hydrogens is 304 g/mol. The first-order valence-corrected chi connectivity index (χ1v) is 7.20. The standard InChI is InChI=1S/C11H11FN3O5P/c12-7-2-1-3-8(4-7)13-10(16)5-9-6-11(15-14-9)20-21(17,18)19/h1-4,6H,5H2,(H,13,16)(H,14,15)(H2,17,18,19). The molecule has 0 fully saturated rings. The van der Waals surface area contributed by atoms with E-state index in [2.05, 4.69) is 20.0 Å². The minimum Gasteiger partial charge on any atom is -0.384 e. The van der Waals surface area contributed by atoms with Gasteiger partial charge >= 0.3 is 7.82 Å². The van der Waals surface area contributed by atoms with Gasteiger partial charge in [0.25, 0.3) is 0 Å². The highest BCUT2D eigenvalue weighted by Gasteiger charge is 2.18. The monoisotopic (exact) mass is 315 g/mol. The maximum Gasteiger partial charge on any atom is 0.526 e. The Balaban J connectivity index is 1.95. The van der Waals surface area contributed by atoms with E-state index in [1.165, 1.54) is 24.3 Å². The van der Waals surface area contributed by atoms with Crippen LogP contribution in [0.4, 0.5) is 10.1 Å².